The molecule has 0 aromatic heterocycles. The van der Waals surface area contributed by atoms with Gasteiger partial charge in [-0.05, 0) is 36.0 Å². The number of fused-ring (bicyclic) bond motifs is 1. The van der Waals surface area contributed by atoms with Crippen molar-refractivity contribution < 1.29 is 4.74 Å². The Morgan fingerprint density at radius 3 is 2.93 bits per heavy atom. The van der Waals surface area contributed by atoms with Gasteiger partial charge in [0.2, 0.25) is 0 Å². The molecular weight excluding hydrogens is 174 g/mol. The molecule has 76 valence electrons. The Bertz CT molecular complexity index is 309. The Hall–Kier alpha value is -0.860. The van der Waals surface area contributed by atoms with Crippen molar-refractivity contribution in [3.05, 3.63) is 34.9 Å². The molecule has 0 unspecified atom stereocenters. The Kier molecular flexibility index (Phi) is 3.17. The molecule has 0 atom stereocenters. The smallest absolute Gasteiger partial charge is 0.0717 e. The maximum absolute atomic E-state index is 5.40. The third-order valence-electron chi connectivity index (χ3n) is 2.69. The summed E-state index contributed by atoms with van der Waals surface area (Å²) in [7, 11) is 0. The summed E-state index contributed by atoms with van der Waals surface area (Å²) in [5.74, 6) is 0. The molecule has 0 fully saturated rings. The maximum atomic E-state index is 5.40. The number of aryl methyl sites for hydroxylation is 2. The van der Waals surface area contributed by atoms with E-state index in [2.05, 4.69) is 18.2 Å². The third kappa shape index (κ3) is 2.14. The number of hydrogen-bond acceptors (Lipinski definition) is 2. The van der Waals surface area contributed by atoms with Gasteiger partial charge in [-0.15, -0.1) is 0 Å². The number of rotatable bonds is 4. The molecule has 2 heteroatoms. The van der Waals surface area contributed by atoms with Crippen LogP contribution in [0.2, 0.25) is 0 Å². The van der Waals surface area contributed by atoms with Crippen molar-refractivity contribution in [2.24, 2.45) is 5.73 Å². The molecule has 1 aromatic rings. The Labute approximate surface area is 85.1 Å². The molecule has 1 aliphatic rings. The first-order valence-corrected chi connectivity index (χ1v) is 5.28. The summed E-state index contributed by atoms with van der Waals surface area (Å²) in [5.41, 5.74) is 9.67. The molecule has 0 spiro atoms. The lowest BCUT2D eigenvalue weighted by Crippen LogP contribution is -2.08. The van der Waals surface area contributed by atoms with Crippen molar-refractivity contribution in [3.63, 3.8) is 0 Å². The van der Waals surface area contributed by atoms with Gasteiger partial charge in [0.25, 0.3) is 0 Å². The first-order valence-electron chi connectivity index (χ1n) is 5.28. The molecule has 0 amide bonds. The van der Waals surface area contributed by atoms with E-state index in [1.807, 2.05) is 0 Å². The van der Waals surface area contributed by atoms with E-state index in [1.54, 1.807) is 0 Å². The van der Waals surface area contributed by atoms with Gasteiger partial charge in [-0.3, -0.25) is 0 Å². The molecular formula is C12H17NO. The summed E-state index contributed by atoms with van der Waals surface area (Å²) in [6, 6.07) is 6.68. The van der Waals surface area contributed by atoms with Gasteiger partial charge in [-0.25, -0.2) is 0 Å². The fourth-order valence-corrected chi connectivity index (χ4v) is 1.99. The van der Waals surface area contributed by atoms with Crippen LogP contribution in [0.15, 0.2) is 18.2 Å². The number of nitrogens with two attached hydrogens (primary N) is 1. The molecule has 1 aliphatic carbocycles. The number of ether oxygens (including phenoxy) is 1. The van der Waals surface area contributed by atoms with Crippen molar-refractivity contribution in [1.29, 1.82) is 0 Å². The lowest BCUT2D eigenvalue weighted by Gasteiger charge is -2.05. The zero-order valence-corrected chi connectivity index (χ0v) is 8.46. The van der Waals surface area contributed by atoms with Crippen LogP contribution < -0.4 is 5.73 Å². The van der Waals surface area contributed by atoms with Crippen LogP contribution in [-0.2, 0) is 24.2 Å². The fraction of sp³-hybridized carbons (Fsp3) is 0.500. The standard InChI is InChI=1S/C12H17NO/c13-6-7-14-9-10-4-5-11-2-1-3-12(11)8-10/h4-5,8H,1-3,6-7,9,13H2. The topological polar surface area (TPSA) is 35.2 Å². The molecule has 0 heterocycles. The van der Waals surface area contributed by atoms with Gasteiger partial charge in [0.1, 0.15) is 0 Å². The molecule has 14 heavy (non-hydrogen) atoms. The van der Waals surface area contributed by atoms with Crippen LogP contribution >= 0.6 is 0 Å². The molecule has 2 rings (SSSR count). The second-order valence-electron chi connectivity index (χ2n) is 3.80. The van der Waals surface area contributed by atoms with E-state index < -0.39 is 0 Å². The van der Waals surface area contributed by atoms with Crippen LogP contribution in [0.1, 0.15) is 23.1 Å². The molecule has 0 bridgehead atoms. The predicted octanol–water partition coefficient (Wildman–Crippen LogP) is 1.65. The number of benzene rings is 1. The highest BCUT2D eigenvalue weighted by Gasteiger charge is 2.10. The minimum Gasteiger partial charge on any atom is -0.375 e. The van der Waals surface area contributed by atoms with E-state index in [1.165, 1.54) is 36.0 Å². The molecule has 0 saturated carbocycles. The Balaban J connectivity index is 1.98. The van der Waals surface area contributed by atoms with E-state index in [9.17, 15) is 0 Å². The van der Waals surface area contributed by atoms with Crippen LogP contribution in [0.4, 0.5) is 0 Å². The summed E-state index contributed by atoms with van der Waals surface area (Å²) in [5, 5.41) is 0. The molecule has 0 radical (unpaired) electrons. The lowest BCUT2D eigenvalue weighted by atomic mass is 10.1. The summed E-state index contributed by atoms with van der Waals surface area (Å²) < 4.78 is 5.40. The van der Waals surface area contributed by atoms with Crippen molar-refractivity contribution >= 4 is 0 Å². The highest BCUT2D eigenvalue weighted by atomic mass is 16.5. The van der Waals surface area contributed by atoms with Gasteiger partial charge >= 0.3 is 0 Å². The van der Waals surface area contributed by atoms with Gasteiger partial charge in [0.05, 0.1) is 13.2 Å². The van der Waals surface area contributed by atoms with Gasteiger partial charge in [0.15, 0.2) is 0 Å². The zero-order chi connectivity index (χ0) is 9.80. The Morgan fingerprint density at radius 1 is 1.21 bits per heavy atom. The van der Waals surface area contributed by atoms with Crippen molar-refractivity contribution in [3.8, 4) is 0 Å². The highest BCUT2D eigenvalue weighted by molar-refractivity contribution is 5.34. The predicted molar refractivity (Wildman–Crippen MR) is 57.2 cm³/mol. The Morgan fingerprint density at radius 2 is 2.07 bits per heavy atom. The van der Waals surface area contributed by atoms with Crippen LogP contribution in [0.3, 0.4) is 0 Å². The van der Waals surface area contributed by atoms with Crippen LogP contribution in [-0.4, -0.2) is 13.2 Å². The van der Waals surface area contributed by atoms with E-state index in [0.717, 1.165) is 0 Å². The van der Waals surface area contributed by atoms with Crippen molar-refractivity contribution in [1.82, 2.24) is 0 Å². The van der Waals surface area contributed by atoms with Gasteiger partial charge in [0, 0.05) is 6.54 Å². The summed E-state index contributed by atoms with van der Waals surface area (Å²) in [6.07, 6.45) is 3.79. The normalized spacial score (nSPS) is 14.4. The van der Waals surface area contributed by atoms with E-state index >= 15 is 0 Å². The molecule has 0 aliphatic heterocycles. The lowest BCUT2D eigenvalue weighted by molar-refractivity contribution is 0.128. The average molecular weight is 191 g/mol. The SMILES string of the molecule is NCCOCc1ccc2c(c1)CCC2. The van der Waals surface area contributed by atoms with Gasteiger partial charge in [-0.1, -0.05) is 18.2 Å². The van der Waals surface area contributed by atoms with Crippen molar-refractivity contribution in [2.45, 2.75) is 25.9 Å². The summed E-state index contributed by atoms with van der Waals surface area (Å²) in [6.45, 7) is 1.95. The fourth-order valence-electron chi connectivity index (χ4n) is 1.99. The second kappa shape index (κ2) is 4.58. The van der Waals surface area contributed by atoms with Crippen LogP contribution in [0.5, 0.6) is 0 Å². The molecule has 0 saturated heterocycles. The van der Waals surface area contributed by atoms with Gasteiger partial charge < -0.3 is 10.5 Å². The summed E-state index contributed by atoms with van der Waals surface area (Å²) in [4.78, 5) is 0. The largest absolute Gasteiger partial charge is 0.375 e. The van der Waals surface area contributed by atoms with E-state index in [0.29, 0.717) is 19.8 Å². The third-order valence-corrected chi connectivity index (χ3v) is 2.69. The van der Waals surface area contributed by atoms with Gasteiger partial charge in [-0.2, -0.15) is 0 Å². The van der Waals surface area contributed by atoms with Crippen molar-refractivity contribution in [2.75, 3.05) is 13.2 Å². The quantitative estimate of drug-likeness (QED) is 0.734. The minimum atomic E-state index is 0.602. The zero-order valence-electron chi connectivity index (χ0n) is 8.46. The molecule has 1 aromatic carbocycles. The first kappa shape index (κ1) is 9.69. The van der Waals surface area contributed by atoms with E-state index in [-0.39, 0.29) is 0 Å². The molecule has 2 N–H and O–H groups in total. The first-order chi connectivity index (χ1) is 6.90. The monoisotopic (exact) mass is 191 g/mol. The van der Waals surface area contributed by atoms with Crippen LogP contribution in [0, 0.1) is 0 Å². The average Bonchev–Trinajstić information content (AvgIpc) is 2.65. The highest BCUT2D eigenvalue weighted by Crippen LogP contribution is 2.22. The maximum Gasteiger partial charge on any atom is 0.0717 e. The van der Waals surface area contributed by atoms with Crippen LogP contribution in [0.25, 0.3) is 0 Å². The second-order valence-corrected chi connectivity index (χ2v) is 3.80. The number of hydrogen-bond donors (Lipinski definition) is 1. The van der Waals surface area contributed by atoms with E-state index in [4.69, 9.17) is 10.5 Å². The summed E-state index contributed by atoms with van der Waals surface area (Å²) >= 11 is 0. The molecule has 2 nitrogen and oxygen atoms in total. The minimum absolute atomic E-state index is 0.602.